The topological polar surface area (TPSA) is 72.9 Å². The van der Waals surface area contributed by atoms with Crippen LogP contribution in [-0.4, -0.2) is 21.7 Å². The van der Waals surface area contributed by atoms with Gasteiger partial charge in [0.1, 0.15) is 6.54 Å². The number of carbonyl (C=O) groups excluding carboxylic acids is 1. The molecule has 0 saturated heterocycles. The second kappa shape index (κ2) is 5.38. The molecule has 1 amide bonds. The van der Waals surface area contributed by atoms with Crippen molar-refractivity contribution in [2.75, 3.05) is 5.73 Å². The van der Waals surface area contributed by atoms with E-state index in [9.17, 15) is 4.79 Å². The van der Waals surface area contributed by atoms with Gasteiger partial charge in [0.15, 0.2) is 0 Å². The molecule has 3 N–H and O–H groups in total. The van der Waals surface area contributed by atoms with Gasteiger partial charge in [-0.05, 0) is 13.3 Å². The number of hydrogen-bond acceptors (Lipinski definition) is 3. The lowest BCUT2D eigenvalue weighted by Crippen LogP contribution is -2.35. The van der Waals surface area contributed by atoms with Gasteiger partial charge in [0.05, 0.1) is 11.9 Å². The third-order valence-corrected chi connectivity index (χ3v) is 2.09. The van der Waals surface area contributed by atoms with Crippen LogP contribution in [0.15, 0.2) is 12.4 Å². The number of amides is 1. The highest BCUT2D eigenvalue weighted by atomic mass is 16.2. The standard InChI is InChI=1S/C10H18N4O/c1-3-4-8(2)13-10(15)7-14-6-9(11)5-12-14/h5-6,8H,3-4,7,11H2,1-2H3,(H,13,15). The number of anilines is 1. The van der Waals surface area contributed by atoms with Crippen LogP contribution < -0.4 is 11.1 Å². The maximum Gasteiger partial charge on any atom is 0.241 e. The summed E-state index contributed by atoms with van der Waals surface area (Å²) in [4.78, 5) is 11.5. The number of nitrogen functional groups attached to an aromatic ring is 1. The minimum atomic E-state index is -0.0287. The average Bonchev–Trinajstić information content (AvgIpc) is 2.51. The molecule has 0 saturated carbocycles. The van der Waals surface area contributed by atoms with Gasteiger partial charge in [0, 0.05) is 12.2 Å². The zero-order chi connectivity index (χ0) is 11.3. The molecule has 0 aliphatic carbocycles. The molecule has 5 heteroatoms. The molecule has 15 heavy (non-hydrogen) atoms. The highest BCUT2D eigenvalue weighted by Crippen LogP contribution is 1.98. The molecule has 0 bridgehead atoms. The van der Waals surface area contributed by atoms with Crippen LogP contribution >= 0.6 is 0 Å². The summed E-state index contributed by atoms with van der Waals surface area (Å²) >= 11 is 0. The van der Waals surface area contributed by atoms with Crippen molar-refractivity contribution < 1.29 is 4.79 Å². The van der Waals surface area contributed by atoms with Crippen LogP contribution in [-0.2, 0) is 11.3 Å². The molecule has 5 nitrogen and oxygen atoms in total. The molecule has 1 heterocycles. The molecule has 1 aromatic heterocycles. The van der Waals surface area contributed by atoms with Gasteiger partial charge in [-0.3, -0.25) is 9.48 Å². The van der Waals surface area contributed by atoms with Crippen LogP contribution in [0.3, 0.4) is 0 Å². The van der Waals surface area contributed by atoms with Gasteiger partial charge in [-0.1, -0.05) is 13.3 Å². The van der Waals surface area contributed by atoms with Crippen molar-refractivity contribution in [3.63, 3.8) is 0 Å². The number of hydrogen-bond donors (Lipinski definition) is 2. The molecule has 1 atom stereocenters. The first-order valence-corrected chi connectivity index (χ1v) is 5.19. The number of aromatic nitrogens is 2. The maximum atomic E-state index is 11.5. The highest BCUT2D eigenvalue weighted by molar-refractivity contribution is 5.75. The lowest BCUT2D eigenvalue weighted by Gasteiger charge is -2.12. The predicted octanol–water partition coefficient (Wildman–Crippen LogP) is 0.770. The van der Waals surface area contributed by atoms with Crippen molar-refractivity contribution in [1.82, 2.24) is 15.1 Å². The fourth-order valence-corrected chi connectivity index (χ4v) is 1.44. The monoisotopic (exact) mass is 210 g/mol. The lowest BCUT2D eigenvalue weighted by molar-refractivity contribution is -0.122. The highest BCUT2D eigenvalue weighted by Gasteiger charge is 2.07. The van der Waals surface area contributed by atoms with Gasteiger partial charge in [0.25, 0.3) is 0 Å². The summed E-state index contributed by atoms with van der Waals surface area (Å²) in [6.45, 7) is 4.32. The van der Waals surface area contributed by atoms with E-state index in [2.05, 4.69) is 17.3 Å². The summed E-state index contributed by atoms with van der Waals surface area (Å²) < 4.78 is 1.53. The van der Waals surface area contributed by atoms with Crippen molar-refractivity contribution >= 4 is 11.6 Å². The van der Waals surface area contributed by atoms with E-state index < -0.39 is 0 Å². The molecule has 0 aliphatic rings. The fourth-order valence-electron chi connectivity index (χ4n) is 1.44. The molecule has 0 spiro atoms. The predicted molar refractivity (Wildman–Crippen MR) is 59.2 cm³/mol. The molecule has 0 radical (unpaired) electrons. The van der Waals surface area contributed by atoms with E-state index in [1.165, 1.54) is 10.9 Å². The van der Waals surface area contributed by atoms with Crippen LogP contribution in [0.2, 0.25) is 0 Å². The number of nitrogens with two attached hydrogens (primary N) is 1. The Morgan fingerprint density at radius 2 is 2.47 bits per heavy atom. The first-order valence-electron chi connectivity index (χ1n) is 5.19. The maximum absolute atomic E-state index is 11.5. The summed E-state index contributed by atoms with van der Waals surface area (Å²) in [5.41, 5.74) is 6.06. The first kappa shape index (κ1) is 11.6. The Morgan fingerprint density at radius 1 is 1.73 bits per heavy atom. The summed E-state index contributed by atoms with van der Waals surface area (Å²) in [6, 6.07) is 0.218. The van der Waals surface area contributed by atoms with Crippen molar-refractivity contribution in [1.29, 1.82) is 0 Å². The van der Waals surface area contributed by atoms with E-state index in [0.29, 0.717) is 5.69 Å². The molecule has 0 aliphatic heterocycles. The van der Waals surface area contributed by atoms with Gasteiger partial charge in [-0.15, -0.1) is 0 Å². The zero-order valence-electron chi connectivity index (χ0n) is 9.23. The lowest BCUT2D eigenvalue weighted by atomic mass is 10.2. The Morgan fingerprint density at radius 3 is 3.00 bits per heavy atom. The third-order valence-electron chi connectivity index (χ3n) is 2.09. The van der Waals surface area contributed by atoms with Crippen molar-refractivity contribution in [3.8, 4) is 0 Å². The van der Waals surface area contributed by atoms with Crippen molar-refractivity contribution in [3.05, 3.63) is 12.4 Å². The number of nitrogens with one attached hydrogen (secondary N) is 1. The smallest absolute Gasteiger partial charge is 0.241 e. The van der Waals surface area contributed by atoms with Gasteiger partial charge in [-0.25, -0.2) is 0 Å². The molecule has 0 aromatic carbocycles. The Labute approximate surface area is 89.6 Å². The Bertz CT molecular complexity index is 321. The van der Waals surface area contributed by atoms with E-state index in [-0.39, 0.29) is 18.5 Å². The molecule has 0 fully saturated rings. The van der Waals surface area contributed by atoms with E-state index in [1.807, 2.05) is 6.92 Å². The zero-order valence-corrected chi connectivity index (χ0v) is 9.23. The van der Waals surface area contributed by atoms with E-state index in [1.54, 1.807) is 6.20 Å². The van der Waals surface area contributed by atoms with E-state index >= 15 is 0 Å². The van der Waals surface area contributed by atoms with Gasteiger partial charge >= 0.3 is 0 Å². The quantitative estimate of drug-likeness (QED) is 0.754. The summed E-state index contributed by atoms with van der Waals surface area (Å²) in [6.07, 6.45) is 5.23. The molecule has 1 rings (SSSR count). The average molecular weight is 210 g/mol. The minimum absolute atomic E-state index is 0.0287. The molecule has 84 valence electrons. The minimum Gasteiger partial charge on any atom is -0.396 e. The van der Waals surface area contributed by atoms with Crippen LogP contribution in [0, 0.1) is 0 Å². The molecular weight excluding hydrogens is 192 g/mol. The van der Waals surface area contributed by atoms with Gasteiger partial charge < -0.3 is 11.1 Å². The number of carbonyl (C=O) groups is 1. The first-order chi connectivity index (χ1) is 7.11. The fraction of sp³-hybridized carbons (Fsp3) is 0.600. The SMILES string of the molecule is CCCC(C)NC(=O)Cn1cc(N)cn1. The van der Waals surface area contributed by atoms with E-state index in [4.69, 9.17) is 5.73 Å². The molecule has 1 aromatic rings. The normalized spacial score (nSPS) is 12.4. The Balaban J connectivity index is 2.36. The third kappa shape index (κ3) is 4.01. The Kier molecular flexibility index (Phi) is 4.15. The number of nitrogens with zero attached hydrogens (tertiary/aromatic N) is 2. The van der Waals surface area contributed by atoms with Crippen LogP contribution in [0.1, 0.15) is 26.7 Å². The van der Waals surface area contributed by atoms with Gasteiger partial charge in [0.2, 0.25) is 5.91 Å². The van der Waals surface area contributed by atoms with Crippen LogP contribution in [0.5, 0.6) is 0 Å². The van der Waals surface area contributed by atoms with Gasteiger partial charge in [-0.2, -0.15) is 5.10 Å². The summed E-state index contributed by atoms with van der Waals surface area (Å²) in [7, 11) is 0. The molecular formula is C10H18N4O. The second-order valence-corrected chi connectivity index (χ2v) is 3.73. The Hall–Kier alpha value is -1.52. The largest absolute Gasteiger partial charge is 0.396 e. The van der Waals surface area contributed by atoms with Crippen LogP contribution in [0.4, 0.5) is 5.69 Å². The van der Waals surface area contributed by atoms with Crippen molar-refractivity contribution in [2.24, 2.45) is 0 Å². The van der Waals surface area contributed by atoms with Crippen LogP contribution in [0.25, 0.3) is 0 Å². The number of rotatable bonds is 5. The van der Waals surface area contributed by atoms with E-state index in [0.717, 1.165) is 12.8 Å². The summed E-state index contributed by atoms with van der Waals surface area (Å²) in [5, 5.41) is 6.84. The molecule has 1 unspecified atom stereocenters. The second-order valence-electron chi connectivity index (χ2n) is 3.73. The summed E-state index contributed by atoms with van der Waals surface area (Å²) in [5.74, 6) is -0.0287. The van der Waals surface area contributed by atoms with Crippen molar-refractivity contribution in [2.45, 2.75) is 39.3 Å².